The molecule has 184 valence electrons. The number of nitrogens with one attached hydrogen (secondary N) is 1. The van der Waals surface area contributed by atoms with Crippen LogP contribution < -0.4 is 19.5 Å². The van der Waals surface area contributed by atoms with Crippen molar-refractivity contribution in [2.24, 2.45) is 0 Å². The third-order valence-corrected chi connectivity index (χ3v) is 5.16. The predicted molar refractivity (Wildman–Crippen MR) is 136 cm³/mol. The molecule has 10 heteroatoms. The van der Waals surface area contributed by atoms with Crippen LogP contribution >= 0.6 is 11.6 Å². The minimum atomic E-state index is -0.511. The summed E-state index contributed by atoms with van der Waals surface area (Å²) in [5.74, 6) is 0.560. The van der Waals surface area contributed by atoms with E-state index in [9.17, 15) is 20.2 Å². The molecule has 0 heterocycles. The number of nitro groups is 1. The van der Waals surface area contributed by atoms with Gasteiger partial charge in [-0.15, -0.1) is 0 Å². The van der Waals surface area contributed by atoms with Crippen molar-refractivity contribution in [3.8, 4) is 23.3 Å². The fourth-order valence-electron chi connectivity index (χ4n) is 3.26. The molecule has 0 radical (unpaired) electrons. The van der Waals surface area contributed by atoms with E-state index in [2.05, 4.69) is 11.4 Å². The normalized spacial score (nSPS) is 10.8. The molecule has 0 saturated heterocycles. The van der Waals surface area contributed by atoms with Crippen molar-refractivity contribution in [3.05, 3.63) is 86.9 Å². The maximum atomic E-state index is 12.4. The number of benzene rings is 3. The van der Waals surface area contributed by atoms with Crippen molar-refractivity contribution >= 4 is 40.5 Å². The molecular formula is C26H22ClN3O6. The lowest BCUT2D eigenvalue weighted by molar-refractivity contribution is -0.384. The molecule has 0 atom stereocenters. The summed E-state index contributed by atoms with van der Waals surface area (Å²) >= 11 is 6.45. The van der Waals surface area contributed by atoms with Crippen molar-refractivity contribution in [2.45, 2.75) is 6.92 Å². The first-order chi connectivity index (χ1) is 17.4. The van der Waals surface area contributed by atoms with Crippen LogP contribution in [0.1, 0.15) is 18.1 Å². The number of allylic oxidation sites excluding steroid dienone is 1. The van der Waals surface area contributed by atoms with Crippen molar-refractivity contribution in [2.75, 3.05) is 25.6 Å². The largest absolute Gasteiger partial charge is 0.495 e. The Bertz CT molecular complexity index is 1330. The lowest BCUT2D eigenvalue weighted by atomic mass is 10.0. The van der Waals surface area contributed by atoms with E-state index in [4.69, 9.17) is 25.8 Å². The molecule has 0 saturated carbocycles. The quantitative estimate of drug-likeness (QED) is 0.161. The number of carbonyl (C=O) groups is 1. The van der Waals surface area contributed by atoms with Gasteiger partial charge in [-0.3, -0.25) is 14.9 Å². The van der Waals surface area contributed by atoms with Gasteiger partial charge in [-0.05, 0) is 60.5 Å². The summed E-state index contributed by atoms with van der Waals surface area (Å²) in [4.78, 5) is 22.8. The number of nitriles is 1. The minimum Gasteiger partial charge on any atom is -0.495 e. The van der Waals surface area contributed by atoms with Gasteiger partial charge in [0.25, 0.3) is 11.6 Å². The summed E-state index contributed by atoms with van der Waals surface area (Å²) in [6.45, 7) is 1.76. The Hall–Kier alpha value is -4.55. The SMILES string of the molecule is CCOc1cc(/C=C(\C#N)c2ccc([N+](=O)[O-])cc2)cc(Cl)c1OCC(=O)Nc1ccccc1OC. The van der Waals surface area contributed by atoms with Gasteiger partial charge in [0, 0.05) is 12.1 Å². The zero-order valence-electron chi connectivity index (χ0n) is 19.5. The lowest BCUT2D eigenvalue weighted by Crippen LogP contribution is -2.20. The molecule has 36 heavy (non-hydrogen) atoms. The van der Waals surface area contributed by atoms with Gasteiger partial charge in [0.05, 0.1) is 41.0 Å². The molecule has 3 aromatic rings. The molecule has 1 amide bonds. The standard InChI is InChI=1S/C26H22ClN3O6/c1-3-35-24-14-17(12-19(15-28)18-8-10-20(11-9-18)30(32)33)13-21(27)26(24)36-16-25(31)29-22-6-4-5-7-23(22)34-2/h4-14H,3,16H2,1-2H3,(H,29,31)/b19-12+. The number of hydrogen-bond donors (Lipinski definition) is 1. The number of rotatable bonds is 10. The smallest absolute Gasteiger partial charge is 0.269 e. The summed E-state index contributed by atoms with van der Waals surface area (Å²) < 4.78 is 16.6. The van der Waals surface area contributed by atoms with Gasteiger partial charge in [0.2, 0.25) is 0 Å². The number of non-ortho nitro benzene ring substituents is 1. The number of anilines is 1. The van der Waals surface area contributed by atoms with Crippen LogP contribution in [0.25, 0.3) is 11.6 Å². The number of para-hydroxylation sites is 2. The average Bonchev–Trinajstić information content (AvgIpc) is 2.87. The van der Waals surface area contributed by atoms with Gasteiger partial charge in [0.15, 0.2) is 18.1 Å². The lowest BCUT2D eigenvalue weighted by Gasteiger charge is -2.15. The molecule has 0 aliphatic carbocycles. The van der Waals surface area contributed by atoms with E-state index in [1.165, 1.54) is 31.4 Å². The Morgan fingerprint density at radius 3 is 2.50 bits per heavy atom. The highest BCUT2D eigenvalue weighted by atomic mass is 35.5. The summed E-state index contributed by atoms with van der Waals surface area (Å²) in [7, 11) is 1.50. The first-order valence-corrected chi connectivity index (χ1v) is 11.1. The van der Waals surface area contributed by atoms with Crippen molar-refractivity contribution in [1.29, 1.82) is 5.26 Å². The fourth-order valence-corrected chi connectivity index (χ4v) is 3.53. The third kappa shape index (κ3) is 6.52. The summed E-state index contributed by atoms with van der Waals surface area (Å²) in [6.07, 6.45) is 1.58. The van der Waals surface area contributed by atoms with E-state index in [0.29, 0.717) is 34.9 Å². The Balaban J connectivity index is 1.82. The van der Waals surface area contributed by atoms with Crippen molar-refractivity contribution < 1.29 is 23.9 Å². The van der Waals surface area contributed by atoms with Crippen LogP contribution in [0.2, 0.25) is 5.02 Å². The van der Waals surface area contributed by atoms with Gasteiger partial charge >= 0.3 is 0 Å². The van der Waals surface area contributed by atoms with Crippen LogP contribution in [0.4, 0.5) is 11.4 Å². The number of carbonyl (C=O) groups excluding carboxylic acids is 1. The zero-order chi connectivity index (χ0) is 26.1. The summed E-state index contributed by atoms with van der Waals surface area (Å²) in [5.41, 5.74) is 1.75. The molecule has 0 unspecified atom stereocenters. The second kappa shape index (κ2) is 12.2. The number of hydrogen-bond acceptors (Lipinski definition) is 7. The first-order valence-electron chi connectivity index (χ1n) is 10.7. The predicted octanol–water partition coefficient (Wildman–Crippen LogP) is 5.74. The van der Waals surface area contributed by atoms with Crippen LogP contribution in [0.3, 0.4) is 0 Å². The highest BCUT2D eigenvalue weighted by molar-refractivity contribution is 6.32. The maximum absolute atomic E-state index is 12.4. The van der Waals surface area contributed by atoms with Gasteiger partial charge in [-0.2, -0.15) is 5.26 Å². The number of nitrogens with zero attached hydrogens (tertiary/aromatic N) is 2. The van der Waals surface area contributed by atoms with E-state index in [-0.39, 0.29) is 28.6 Å². The maximum Gasteiger partial charge on any atom is 0.269 e. The number of halogens is 1. The van der Waals surface area contributed by atoms with Crippen molar-refractivity contribution in [1.82, 2.24) is 0 Å². The van der Waals surface area contributed by atoms with Crippen LogP contribution in [-0.2, 0) is 4.79 Å². The minimum absolute atomic E-state index is 0.0750. The van der Waals surface area contributed by atoms with Gasteiger partial charge in [-0.25, -0.2) is 0 Å². The highest BCUT2D eigenvalue weighted by Crippen LogP contribution is 2.38. The topological polar surface area (TPSA) is 124 Å². The zero-order valence-corrected chi connectivity index (χ0v) is 20.2. The van der Waals surface area contributed by atoms with Gasteiger partial charge in [0.1, 0.15) is 5.75 Å². The first kappa shape index (κ1) is 26.1. The van der Waals surface area contributed by atoms with Gasteiger partial charge < -0.3 is 19.5 Å². The third-order valence-electron chi connectivity index (χ3n) is 4.88. The molecule has 0 bridgehead atoms. The molecule has 0 aliphatic rings. The number of methoxy groups -OCH3 is 1. The molecule has 0 aliphatic heterocycles. The second-order valence-electron chi connectivity index (χ2n) is 7.27. The van der Waals surface area contributed by atoms with E-state index >= 15 is 0 Å². The molecule has 0 aromatic heterocycles. The van der Waals surface area contributed by atoms with E-state index in [1.807, 2.05) is 0 Å². The Morgan fingerprint density at radius 2 is 1.86 bits per heavy atom. The van der Waals surface area contributed by atoms with E-state index in [0.717, 1.165) is 0 Å². The highest BCUT2D eigenvalue weighted by Gasteiger charge is 2.16. The van der Waals surface area contributed by atoms with Gasteiger partial charge in [-0.1, -0.05) is 23.7 Å². The molecule has 3 aromatic carbocycles. The molecular weight excluding hydrogens is 486 g/mol. The van der Waals surface area contributed by atoms with E-state index < -0.39 is 10.8 Å². The molecule has 9 nitrogen and oxygen atoms in total. The van der Waals surface area contributed by atoms with Crippen LogP contribution in [0, 0.1) is 21.4 Å². The molecule has 0 spiro atoms. The average molecular weight is 508 g/mol. The number of amides is 1. The Labute approximate surface area is 212 Å². The number of ether oxygens (including phenoxy) is 3. The summed E-state index contributed by atoms with van der Waals surface area (Å²) in [5, 5.41) is 23.4. The van der Waals surface area contributed by atoms with Crippen LogP contribution in [0.15, 0.2) is 60.7 Å². The Morgan fingerprint density at radius 1 is 1.14 bits per heavy atom. The van der Waals surface area contributed by atoms with E-state index in [1.54, 1.807) is 49.4 Å². The monoisotopic (exact) mass is 507 g/mol. The molecule has 0 fully saturated rings. The van der Waals surface area contributed by atoms with Crippen LogP contribution in [0.5, 0.6) is 17.2 Å². The summed E-state index contributed by atoms with van der Waals surface area (Å²) in [6, 6.07) is 17.9. The Kier molecular flexibility index (Phi) is 8.86. The van der Waals surface area contributed by atoms with Crippen molar-refractivity contribution in [3.63, 3.8) is 0 Å². The second-order valence-corrected chi connectivity index (χ2v) is 7.68. The fraction of sp³-hybridized carbons (Fsp3) is 0.154. The number of nitro benzene ring substituents is 1. The molecule has 3 rings (SSSR count). The molecule has 1 N–H and O–H groups in total. The van der Waals surface area contributed by atoms with Crippen LogP contribution in [-0.4, -0.2) is 31.2 Å².